The zero-order chi connectivity index (χ0) is 16.0. The van der Waals surface area contributed by atoms with Crippen molar-refractivity contribution in [3.63, 3.8) is 0 Å². The lowest BCUT2D eigenvalue weighted by atomic mass is 9.67. The van der Waals surface area contributed by atoms with Gasteiger partial charge < -0.3 is 4.74 Å². The van der Waals surface area contributed by atoms with E-state index in [1.165, 1.54) is 12.8 Å². The number of rotatable bonds is 7. The molecule has 0 bridgehead atoms. The molecule has 20 heavy (non-hydrogen) atoms. The second-order valence-corrected chi connectivity index (χ2v) is 8.21. The highest BCUT2D eigenvalue weighted by molar-refractivity contribution is 5.74. The van der Waals surface area contributed by atoms with Gasteiger partial charge in [-0.1, -0.05) is 74.7 Å². The lowest BCUT2D eigenvalue weighted by molar-refractivity contribution is -0.159. The summed E-state index contributed by atoms with van der Waals surface area (Å²) < 4.78 is 5.67. The van der Waals surface area contributed by atoms with Crippen molar-refractivity contribution in [2.24, 2.45) is 22.7 Å². The molecule has 0 saturated heterocycles. The normalized spacial score (nSPS) is 14.4. The number of carbonyl (C=O) groups excluding carboxylic acids is 1. The van der Waals surface area contributed by atoms with Crippen molar-refractivity contribution in [2.75, 3.05) is 6.61 Å². The van der Waals surface area contributed by atoms with Gasteiger partial charge in [-0.3, -0.25) is 4.79 Å². The fraction of sp³-hybridized carbons (Fsp3) is 0.944. The minimum atomic E-state index is -0.0707. The number of esters is 1. The third-order valence-corrected chi connectivity index (χ3v) is 3.97. The number of hydrogen-bond donors (Lipinski definition) is 0. The van der Waals surface area contributed by atoms with E-state index in [1.807, 2.05) is 0 Å². The molecular weight excluding hydrogens is 248 g/mol. The van der Waals surface area contributed by atoms with Gasteiger partial charge in [-0.15, -0.1) is 0 Å². The molecule has 2 nitrogen and oxygen atoms in total. The van der Waals surface area contributed by atoms with E-state index in [2.05, 4.69) is 55.4 Å². The molecule has 0 amide bonds. The Hall–Kier alpha value is -0.530. The Morgan fingerprint density at radius 1 is 1.00 bits per heavy atom. The van der Waals surface area contributed by atoms with Crippen LogP contribution in [0.4, 0.5) is 0 Å². The number of carbonyl (C=O) groups is 1. The molecule has 0 radical (unpaired) electrons. The molecule has 0 aromatic rings. The number of ether oxygens (including phenoxy) is 1. The Morgan fingerprint density at radius 2 is 1.50 bits per heavy atom. The zero-order valence-electron chi connectivity index (χ0n) is 15.0. The lowest BCUT2D eigenvalue weighted by Crippen LogP contribution is -2.40. The maximum Gasteiger partial charge on any atom is 0.310 e. The predicted octanol–water partition coefficient (Wildman–Crippen LogP) is 5.45. The van der Waals surface area contributed by atoms with E-state index in [-0.39, 0.29) is 22.7 Å². The Kier molecular flexibility index (Phi) is 7.83. The SMILES string of the molecule is CCCCC(CC)COC(=O)C(C(C)(C)C)C(C)(C)C. The molecule has 0 heterocycles. The van der Waals surface area contributed by atoms with Crippen LogP contribution >= 0.6 is 0 Å². The van der Waals surface area contributed by atoms with Crippen LogP contribution < -0.4 is 0 Å². The minimum Gasteiger partial charge on any atom is -0.465 e. The maximum absolute atomic E-state index is 12.5. The van der Waals surface area contributed by atoms with Crippen molar-refractivity contribution in [3.05, 3.63) is 0 Å². The molecule has 120 valence electrons. The maximum atomic E-state index is 12.5. The van der Waals surface area contributed by atoms with Gasteiger partial charge in [0.25, 0.3) is 0 Å². The molecule has 0 aliphatic carbocycles. The van der Waals surface area contributed by atoms with E-state index >= 15 is 0 Å². The average molecular weight is 284 g/mol. The largest absolute Gasteiger partial charge is 0.465 e. The van der Waals surface area contributed by atoms with Gasteiger partial charge in [0.1, 0.15) is 0 Å². The standard InChI is InChI=1S/C18H36O2/c1-9-11-12-14(10-2)13-20-16(19)15(17(3,4)5)18(6,7)8/h14-15H,9-13H2,1-8H3. The summed E-state index contributed by atoms with van der Waals surface area (Å²) in [5, 5.41) is 0. The van der Waals surface area contributed by atoms with Crippen LogP contribution in [0.15, 0.2) is 0 Å². The van der Waals surface area contributed by atoms with Crippen LogP contribution in [0.25, 0.3) is 0 Å². The van der Waals surface area contributed by atoms with Crippen LogP contribution in [0.3, 0.4) is 0 Å². The van der Waals surface area contributed by atoms with Gasteiger partial charge in [0.2, 0.25) is 0 Å². The first kappa shape index (κ1) is 19.5. The Labute approximate surface area is 126 Å². The third-order valence-electron chi connectivity index (χ3n) is 3.97. The van der Waals surface area contributed by atoms with Gasteiger partial charge in [0, 0.05) is 0 Å². The fourth-order valence-electron chi connectivity index (χ4n) is 3.19. The Bertz CT molecular complexity index is 267. The molecular formula is C18H36O2. The molecule has 0 spiro atoms. The smallest absolute Gasteiger partial charge is 0.310 e. The van der Waals surface area contributed by atoms with Crippen molar-refractivity contribution in [2.45, 2.75) is 81.1 Å². The molecule has 0 aliphatic heterocycles. The quantitative estimate of drug-likeness (QED) is 0.581. The summed E-state index contributed by atoms with van der Waals surface area (Å²) in [6.45, 7) is 17.7. The summed E-state index contributed by atoms with van der Waals surface area (Å²) in [6, 6.07) is 0. The van der Waals surface area contributed by atoms with Gasteiger partial charge in [0.15, 0.2) is 0 Å². The first-order valence-corrected chi connectivity index (χ1v) is 8.20. The zero-order valence-corrected chi connectivity index (χ0v) is 15.0. The highest BCUT2D eigenvalue weighted by Gasteiger charge is 2.41. The molecule has 0 fully saturated rings. The molecule has 0 saturated carbocycles. The Morgan fingerprint density at radius 3 is 1.85 bits per heavy atom. The van der Waals surface area contributed by atoms with E-state index in [9.17, 15) is 4.79 Å². The molecule has 0 aromatic carbocycles. The second-order valence-electron chi connectivity index (χ2n) is 8.21. The fourth-order valence-corrected chi connectivity index (χ4v) is 3.19. The molecule has 2 heteroatoms. The molecule has 0 aliphatic rings. The molecule has 0 rings (SSSR count). The van der Waals surface area contributed by atoms with Crippen LogP contribution in [0, 0.1) is 22.7 Å². The van der Waals surface area contributed by atoms with Crippen LogP contribution in [0.5, 0.6) is 0 Å². The summed E-state index contributed by atoms with van der Waals surface area (Å²) in [5.41, 5.74) is -0.138. The van der Waals surface area contributed by atoms with E-state index in [4.69, 9.17) is 4.74 Å². The summed E-state index contributed by atoms with van der Waals surface area (Å²) in [7, 11) is 0. The van der Waals surface area contributed by atoms with Crippen LogP contribution in [-0.4, -0.2) is 12.6 Å². The molecule has 1 atom stereocenters. The average Bonchev–Trinajstić information content (AvgIpc) is 2.25. The third kappa shape index (κ3) is 6.76. The van der Waals surface area contributed by atoms with Crippen molar-refractivity contribution < 1.29 is 9.53 Å². The summed E-state index contributed by atoms with van der Waals surface area (Å²) >= 11 is 0. The van der Waals surface area contributed by atoms with E-state index in [1.54, 1.807) is 0 Å². The Balaban J connectivity index is 4.63. The van der Waals surface area contributed by atoms with E-state index < -0.39 is 0 Å². The monoisotopic (exact) mass is 284 g/mol. The first-order chi connectivity index (χ1) is 9.04. The van der Waals surface area contributed by atoms with Crippen molar-refractivity contribution in [3.8, 4) is 0 Å². The summed E-state index contributed by atoms with van der Waals surface area (Å²) in [4.78, 5) is 12.5. The van der Waals surface area contributed by atoms with Gasteiger partial charge in [-0.05, 0) is 23.2 Å². The minimum absolute atomic E-state index is 0.0278. The summed E-state index contributed by atoms with van der Waals surface area (Å²) in [6.07, 6.45) is 4.67. The van der Waals surface area contributed by atoms with Crippen LogP contribution in [0.1, 0.15) is 81.1 Å². The summed E-state index contributed by atoms with van der Waals surface area (Å²) in [5.74, 6) is 0.415. The number of hydrogen-bond acceptors (Lipinski definition) is 2. The second kappa shape index (κ2) is 8.05. The highest BCUT2D eigenvalue weighted by Crippen LogP contribution is 2.40. The molecule has 0 aromatic heterocycles. The van der Waals surface area contributed by atoms with Crippen molar-refractivity contribution >= 4 is 5.97 Å². The predicted molar refractivity (Wildman–Crippen MR) is 86.7 cm³/mol. The van der Waals surface area contributed by atoms with E-state index in [0.717, 1.165) is 12.8 Å². The lowest BCUT2D eigenvalue weighted by Gasteiger charge is -2.38. The van der Waals surface area contributed by atoms with E-state index in [0.29, 0.717) is 12.5 Å². The highest BCUT2D eigenvalue weighted by atomic mass is 16.5. The molecule has 0 N–H and O–H groups in total. The first-order valence-electron chi connectivity index (χ1n) is 8.20. The van der Waals surface area contributed by atoms with Gasteiger partial charge >= 0.3 is 5.97 Å². The van der Waals surface area contributed by atoms with Gasteiger partial charge in [-0.2, -0.15) is 0 Å². The van der Waals surface area contributed by atoms with Crippen LogP contribution in [-0.2, 0) is 9.53 Å². The van der Waals surface area contributed by atoms with Crippen LogP contribution in [0.2, 0.25) is 0 Å². The molecule has 1 unspecified atom stereocenters. The van der Waals surface area contributed by atoms with Gasteiger partial charge in [-0.25, -0.2) is 0 Å². The van der Waals surface area contributed by atoms with Gasteiger partial charge in [0.05, 0.1) is 12.5 Å². The van der Waals surface area contributed by atoms with Crippen molar-refractivity contribution in [1.29, 1.82) is 0 Å². The van der Waals surface area contributed by atoms with Crippen molar-refractivity contribution in [1.82, 2.24) is 0 Å². The number of unbranched alkanes of at least 4 members (excludes halogenated alkanes) is 1. The topological polar surface area (TPSA) is 26.3 Å².